The van der Waals surface area contributed by atoms with Gasteiger partial charge in [-0.1, -0.05) is 18.2 Å². The molecule has 0 fully saturated rings. The monoisotopic (exact) mass is 390 g/mol. The third-order valence-corrected chi connectivity index (χ3v) is 4.65. The Balaban J connectivity index is 2.09. The first-order valence-electron chi connectivity index (χ1n) is 8.38. The highest BCUT2D eigenvalue weighted by Gasteiger charge is 2.29. The summed E-state index contributed by atoms with van der Waals surface area (Å²) in [4.78, 5) is 1.79. The predicted molar refractivity (Wildman–Crippen MR) is 107 cm³/mol. The molecule has 0 amide bonds. The normalized spacial score (nSPS) is 14.6. The van der Waals surface area contributed by atoms with Gasteiger partial charge >= 0.3 is 6.61 Å². The van der Waals surface area contributed by atoms with Gasteiger partial charge in [0, 0.05) is 31.8 Å². The molecule has 0 spiro atoms. The zero-order chi connectivity index (χ0) is 19.6. The van der Waals surface area contributed by atoms with Crippen molar-refractivity contribution < 1.29 is 18.3 Å². The van der Waals surface area contributed by atoms with Crippen LogP contribution in [0.3, 0.4) is 0 Å². The van der Waals surface area contributed by atoms with Gasteiger partial charge in [-0.25, -0.2) is 0 Å². The third-order valence-electron chi connectivity index (χ3n) is 4.18. The number of benzene rings is 2. The van der Waals surface area contributed by atoms with Crippen molar-refractivity contribution in [1.82, 2.24) is 4.90 Å². The summed E-state index contributed by atoms with van der Waals surface area (Å²) in [5, 5.41) is 3.71. The second kappa shape index (κ2) is 7.92. The van der Waals surface area contributed by atoms with E-state index in [2.05, 4.69) is 11.9 Å². The van der Waals surface area contributed by atoms with Crippen molar-refractivity contribution in [2.24, 2.45) is 0 Å². The smallest absolute Gasteiger partial charge is 0.387 e. The fourth-order valence-corrected chi connectivity index (χ4v) is 3.10. The maximum absolute atomic E-state index is 12.8. The lowest BCUT2D eigenvalue weighted by atomic mass is 9.90. The van der Waals surface area contributed by atoms with Crippen LogP contribution in [0.4, 0.5) is 14.5 Å². The van der Waals surface area contributed by atoms with Gasteiger partial charge in [0.2, 0.25) is 0 Å². The van der Waals surface area contributed by atoms with Crippen LogP contribution in [-0.4, -0.2) is 30.7 Å². The highest BCUT2D eigenvalue weighted by Crippen LogP contribution is 2.49. The Hall–Kier alpha value is -2.67. The van der Waals surface area contributed by atoms with E-state index in [1.54, 1.807) is 23.1 Å². The molecule has 1 aliphatic rings. The molecule has 3 rings (SSSR count). The molecule has 0 radical (unpaired) electrons. The summed E-state index contributed by atoms with van der Waals surface area (Å²) >= 11 is 5.29. The summed E-state index contributed by atoms with van der Waals surface area (Å²) in [7, 11) is 3.70. The van der Waals surface area contributed by atoms with Crippen molar-refractivity contribution in [3.05, 3.63) is 54.6 Å². The van der Waals surface area contributed by atoms with E-state index >= 15 is 0 Å². The first kappa shape index (κ1) is 19.1. The number of halogens is 2. The Morgan fingerprint density at radius 3 is 2.81 bits per heavy atom. The van der Waals surface area contributed by atoms with Crippen LogP contribution < -0.4 is 14.8 Å². The Labute approximate surface area is 162 Å². The number of hydrogen-bond acceptors (Lipinski definition) is 3. The van der Waals surface area contributed by atoms with Crippen LogP contribution in [0.15, 0.2) is 49.1 Å². The van der Waals surface area contributed by atoms with Crippen molar-refractivity contribution in [2.45, 2.75) is 19.1 Å². The van der Waals surface area contributed by atoms with Gasteiger partial charge in [0.05, 0.1) is 5.56 Å². The van der Waals surface area contributed by atoms with E-state index in [4.69, 9.17) is 21.7 Å². The minimum atomic E-state index is -2.91. The molecule has 0 aromatic heterocycles. The number of alkyl halides is 2. The molecule has 2 aromatic rings. The van der Waals surface area contributed by atoms with Crippen molar-refractivity contribution in [2.75, 3.05) is 19.4 Å². The van der Waals surface area contributed by atoms with Gasteiger partial charge in [-0.15, -0.1) is 6.58 Å². The van der Waals surface area contributed by atoms with Gasteiger partial charge in [-0.2, -0.15) is 8.78 Å². The maximum Gasteiger partial charge on any atom is 0.387 e. The van der Waals surface area contributed by atoms with Crippen molar-refractivity contribution in [3.8, 4) is 22.6 Å². The molecule has 1 atom stereocenters. The minimum absolute atomic E-state index is 0.0883. The number of hydrogen-bond donors (Lipinski definition) is 1. The molecule has 27 heavy (non-hydrogen) atoms. The predicted octanol–water partition coefficient (Wildman–Crippen LogP) is 5.22. The van der Waals surface area contributed by atoms with Crippen LogP contribution in [-0.2, 0) is 0 Å². The van der Waals surface area contributed by atoms with Crippen molar-refractivity contribution in [3.63, 3.8) is 0 Å². The van der Waals surface area contributed by atoms with Gasteiger partial charge in [0.25, 0.3) is 0 Å². The highest BCUT2D eigenvalue weighted by molar-refractivity contribution is 7.80. The number of ether oxygens (including phenoxy) is 2. The average molecular weight is 390 g/mol. The molecule has 4 nitrogen and oxygen atoms in total. The lowest BCUT2D eigenvalue weighted by Gasteiger charge is -2.30. The zero-order valence-corrected chi connectivity index (χ0v) is 15.9. The van der Waals surface area contributed by atoms with Crippen molar-refractivity contribution >= 4 is 23.0 Å². The molecule has 0 saturated carbocycles. The number of thiocarbonyl (C=S) groups is 1. The van der Waals surface area contributed by atoms with E-state index in [0.29, 0.717) is 22.8 Å². The van der Waals surface area contributed by atoms with E-state index in [9.17, 15) is 8.78 Å². The molecule has 1 unspecified atom stereocenters. The van der Waals surface area contributed by atoms with Crippen LogP contribution in [0, 0.1) is 0 Å². The van der Waals surface area contributed by atoms with Crippen LogP contribution in [0.5, 0.6) is 11.5 Å². The van der Waals surface area contributed by atoms with Gasteiger partial charge in [0.15, 0.2) is 5.11 Å². The zero-order valence-electron chi connectivity index (χ0n) is 15.0. The summed E-state index contributed by atoms with van der Waals surface area (Å²) < 4.78 is 36.5. The number of nitrogens with one attached hydrogen (secondary N) is 1. The third kappa shape index (κ3) is 4.03. The molecule has 2 aromatic carbocycles. The largest absolute Gasteiger partial charge is 0.485 e. The Kier molecular flexibility index (Phi) is 5.60. The molecule has 1 N–H and O–H groups in total. The van der Waals surface area contributed by atoms with E-state index < -0.39 is 6.61 Å². The average Bonchev–Trinajstić information content (AvgIpc) is 2.61. The Morgan fingerprint density at radius 2 is 2.15 bits per heavy atom. The second-order valence-corrected chi connectivity index (χ2v) is 6.65. The first-order valence-corrected chi connectivity index (χ1v) is 8.79. The minimum Gasteiger partial charge on any atom is -0.485 e. The van der Waals surface area contributed by atoms with E-state index in [1.165, 1.54) is 6.07 Å². The van der Waals surface area contributed by atoms with Gasteiger partial charge in [-0.05, 0) is 42.0 Å². The molecule has 1 aliphatic heterocycles. The maximum atomic E-state index is 12.8. The summed E-state index contributed by atoms with van der Waals surface area (Å²) in [6.07, 6.45) is 2.07. The molecule has 142 valence electrons. The lowest BCUT2D eigenvalue weighted by Crippen LogP contribution is -2.27. The van der Waals surface area contributed by atoms with Crippen LogP contribution in [0.25, 0.3) is 11.1 Å². The lowest BCUT2D eigenvalue weighted by molar-refractivity contribution is -0.0496. The summed E-state index contributed by atoms with van der Waals surface area (Å²) in [6.45, 7) is 0.875. The van der Waals surface area contributed by atoms with E-state index in [-0.39, 0.29) is 11.9 Å². The van der Waals surface area contributed by atoms with Crippen molar-refractivity contribution in [1.29, 1.82) is 0 Å². The topological polar surface area (TPSA) is 33.7 Å². The quantitative estimate of drug-likeness (QED) is 0.559. The summed E-state index contributed by atoms with van der Waals surface area (Å²) in [6, 6.07) is 10.5. The number of nitrogens with zero attached hydrogens (tertiary/aromatic N) is 1. The van der Waals surface area contributed by atoms with E-state index in [1.807, 2.05) is 32.3 Å². The molecule has 0 aliphatic carbocycles. The molecular formula is C20H20F2N2O2S. The SMILES string of the molecule is C=CCC1Oc2cccc(OC(F)F)c2-c2ccc(NC(=S)N(C)C)cc21. The first-order chi connectivity index (χ1) is 12.9. The van der Waals surface area contributed by atoms with Crippen LogP contribution in [0.1, 0.15) is 18.1 Å². The fraction of sp³-hybridized carbons (Fsp3) is 0.250. The molecule has 0 saturated heterocycles. The number of fused-ring (bicyclic) bond motifs is 3. The summed E-state index contributed by atoms with van der Waals surface area (Å²) in [5.41, 5.74) is 2.97. The van der Waals surface area contributed by atoms with Gasteiger partial charge in [0.1, 0.15) is 17.6 Å². The fourth-order valence-electron chi connectivity index (χ4n) is 2.98. The summed E-state index contributed by atoms with van der Waals surface area (Å²) in [5.74, 6) is 0.599. The highest BCUT2D eigenvalue weighted by atomic mass is 32.1. The van der Waals surface area contributed by atoms with Crippen LogP contribution in [0.2, 0.25) is 0 Å². The van der Waals surface area contributed by atoms with Gasteiger partial charge in [-0.3, -0.25) is 0 Å². The molecule has 1 heterocycles. The number of rotatable bonds is 5. The molecule has 0 bridgehead atoms. The Morgan fingerprint density at radius 1 is 1.37 bits per heavy atom. The Bertz CT molecular complexity index is 871. The van der Waals surface area contributed by atoms with E-state index in [0.717, 1.165) is 16.8 Å². The molecular weight excluding hydrogens is 370 g/mol. The molecule has 7 heteroatoms. The second-order valence-electron chi connectivity index (χ2n) is 6.27. The number of anilines is 1. The van der Waals surface area contributed by atoms with Gasteiger partial charge < -0.3 is 19.7 Å². The standard InChI is InChI=1S/C20H20F2N2O2S/c1-4-6-15-14-11-12(23-20(27)24(2)3)9-10-13(14)18-16(25-15)7-5-8-17(18)26-19(21)22/h4-5,7-11,15,19H,1,6H2,2-3H3,(H,23,27). The van der Waals surface area contributed by atoms with Crippen LogP contribution >= 0.6 is 12.2 Å².